The number of carbonyl (C=O) groups excluding carboxylic acids is 2. The van der Waals surface area contributed by atoms with Crippen LogP contribution in [0.2, 0.25) is 0 Å². The van der Waals surface area contributed by atoms with Crippen LogP contribution >= 0.6 is 11.3 Å². The Morgan fingerprint density at radius 1 is 1.11 bits per heavy atom. The normalized spacial score (nSPS) is 15.3. The molecule has 3 aromatic rings. The molecule has 0 bridgehead atoms. The lowest BCUT2D eigenvalue weighted by Gasteiger charge is -2.21. The molecule has 1 fully saturated rings. The molecule has 4 rings (SSSR count). The summed E-state index contributed by atoms with van der Waals surface area (Å²) in [5, 5.41) is 3.77. The molecule has 0 spiro atoms. The fourth-order valence-electron chi connectivity index (χ4n) is 4.55. The van der Waals surface area contributed by atoms with Crippen molar-refractivity contribution in [1.82, 2.24) is 15.3 Å². The van der Waals surface area contributed by atoms with Crippen LogP contribution in [0.3, 0.4) is 0 Å². The molecule has 1 N–H and O–H groups in total. The van der Waals surface area contributed by atoms with Gasteiger partial charge in [0.1, 0.15) is 26.9 Å². The van der Waals surface area contributed by atoms with Crippen LogP contribution in [0.15, 0.2) is 41.3 Å². The molecule has 1 aromatic carbocycles. The van der Waals surface area contributed by atoms with Gasteiger partial charge in [-0.25, -0.2) is 18.4 Å². The molecule has 1 unspecified atom stereocenters. The molecule has 1 atom stereocenters. The van der Waals surface area contributed by atoms with E-state index in [0.717, 1.165) is 33.8 Å². The third-order valence-corrected chi connectivity index (χ3v) is 9.03. The van der Waals surface area contributed by atoms with Gasteiger partial charge in [-0.2, -0.15) is 0 Å². The zero-order valence-electron chi connectivity index (χ0n) is 19.8. The average Bonchev–Trinajstić information content (AvgIpc) is 3.49. The van der Waals surface area contributed by atoms with E-state index >= 15 is 0 Å². The number of pyridine rings is 1. The number of ether oxygens (including phenoxy) is 1. The lowest BCUT2D eigenvalue weighted by Crippen LogP contribution is -2.30. The number of hydrogen-bond acceptors (Lipinski definition) is 8. The fourth-order valence-corrected chi connectivity index (χ4v) is 6.67. The third-order valence-electron chi connectivity index (χ3n) is 6.29. The summed E-state index contributed by atoms with van der Waals surface area (Å²) in [5.41, 5.74) is 1.52. The summed E-state index contributed by atoms with van der Waals surface area (Å²) in [7, 11) is -2.12. The highest BCUT2D eigenvalue weighted by molar-refractivity contribution is 7.92. The van der Waals surface area contributed by atoms with E-state index in [-0.39, 0.29) is 17.3 Å². The number of carbonyl (C=O) groups is 2. The minimum atomic E-state index is -3.68. The second-order valence-electron chi connectivity index (χ2n) is 8.97. The average molecular weight is 516 g/mol. The maximum absolute atomic E-state index is 13.3. The molecular weight excluding hydrogens is 486 g/mol. The first-order chi connectivity index (χ1) is 16.7. The van der Waals surface area contributed by atoms with Crippen LogP contribution in [0.25, 0.3) is 10.3 Å². The molecular formula is C25H29N3O5S2. The van der Waals surface area contributed by atoms with Gasteiger partial charge in [0, 0.05) is 6.07 Å². The van der Waals surface area contributed by atoms with Gasteiger partial charge in [0.2, 0.25) is 11.8 Å². The Kier molecular flexibility index (Phi) is 7.81. The molecule has 186 valence electrons. The summed E-state index contributed by atoms with van der Waals surface area (Å²) in [6.45, 7) is 1.54. The zero-order valence-corrected chi connectivity index (χ0v) is 21.5. The highest BCUT2D eigenvalue weighted by atomic mass is 32.2. The van der Waals surface area contributed by atoms with E-state index in [1.165, 1.54) is 43.2 Å². The van der Waals surface area contributed by atoms with Crippen molar-refractivity contribution in [3.8, 4) is 5.88 Å². The van der Waals surface area contributed by atoms with Gasteiger partial charge < -0.3 is 10.1 Å². The van der Waals surface area contributed by atoms with Gasteiger partial charge in [0.15, 0.2) is 9.84 Å². The number of amides is 1. The SMILES string of the molecule is COc1ccc2nc(CNC(=O)C(CC3CCCC3)c3ccc(S(=O)(=O)CC(C)=O)cc3)sc2n1. The Bertz CT molecular complexity index is 1310. The number of ketones is 1. The number of nitrogens with zero attached hydrogens (tertiary/aromatic N) is 2. The Hall–Kier alpha value is -2.85. The Morgan fingerprint density at radius 2 is 1.83 bits per heavy atom. The van der Waals surface area contributed by atoms with E-state index in [9.17, 15) is 18.0 Å². The monoisotopic (exact) mass is 515 g/mol. The van der Waals surface area contributed by atoms with Crippen LogP contribution in [-0.2, 0) is 26.0 Å². The highest BCUT2D eigenvalue weighted by Crippen LogP contribution is 2.35. The molecule has 10 heteroatoms. The minimum Gasteiger partial charge on any atom is -0.481 e. The molecule has 8 nitrogen and oxygen atoms in total. The van der Waals surface area contributed by atoms with Gasteiger partial charge in [-0.3, -0.25) is 9.59 Å². The van der Waals surface area contributed by atoms with Gasteiger partial charge in [-0.1, -0.05) is 49.2 Å². The van der Waals surface area contributed by atoms with E-state index in [1.807, 2.05) is 6.07 Å². The smallest absolute Gasteiger partial charge is 0.227 e. The largest absolute Gasteiger partial charge is 0.481 e. The predicted molar refractivity (Wildman–Crippen MR) is 134 cm³/mol. The van der Waals surface area contributed by atoms with Crippen molar-refractivity contribution in [2.45, 2.75) is 56.4 Å². The van der Waals surface area contributed by atoms with E-state index in [0.29, 0.717) is 18.2 Å². The summed E-state index contributed by atoms with van der Waals surface area (Å²) in [6, 6.07) is 9.97. The maximum atomic E-state index is 13.3. The Balaban J connectivity index is 1.51. The van der Waals surface area contributed by atoms with Crippen molar-refractivity contribution in [1.29, 1.82) is 0 Å². The number of hydrogen-bond donors (Lipinski definition) is 1. The number of fused-ring (bicyclic) bond motifs is 1. The predicted octanol–water partition coefficient (Wildman–Crippen LogP) is 4.04. The number of Topliss-reactive ketones (excluding diaryl/α,β-unsaturated/α-hetero) is 1. The van der Waals surface area contributed by atoms with Crippen LogP contribution in [0.1, 0.15) is 55.5 Å². The van der Waals surface area contributed by atoms with E-state index < -0.39 is 27.3 Å². The molecule has 1 aliphatic carbocycles. The number of methoxy groups -OCH3 is 1. The summed E-state index contributed by atoms with van der Waals surface area (Å²) >= 11 is 1.41. The first-order valence-corrected chi connectivity index (χ1v) is 14.1. The van der Waals surface area contributed by atoms with Crippen LogP contribution in [-0.4, -0.2) is 42.9 Å². The van der Waals surface area contributed by atoms with Crippen molar-refractivity contribution in [3.05, 3.63) is 47.0 Å². The Labute approximate surface area is 209 Å². The van der Waals surface area contributed by atoms with Crippen LogP contribution in [0.5, 0.6) is 5.88 Å². The lowest BCUT2D eigenvalue weighted by atomic mass is 9.87. The molecule has 0 aliphatic heterocycles. The van der Waals surface area contributed by atoms with Crippen molar-refractivity contribution in [2.75, 3.05) is 12.9 Å². The molecule has 0 saturated heterocycles. The number of rotatable bonds is 10. The van der Waals surface area contributed by atoms with E-state index in [2.05, 4.69) is 15.3 Å². The first-order valence-electron chi connectivity index (χ1n) is 11.7. The van der Waals surface area contributed by atoms with Crippen molar-refractivity contribution in [3.63, 3.8) is 0 Å². The van der Waals surface area contributed by atoms with Crippen LogP contribution < -0.4 is 10.1 Å². The minimum absolute atomic E-state index is 0.0916. The number of aromatic nitrogens is 2. The summed E-state index contributed by atoms with van der Waals surface area (Å²) < 4.78 is 29.9. The van der Waals surface area contributed by atoms with Crippen molar-refractivity contribution < 1.29 is 22.7 Å². The van der Waals surface area contributed by atoms with Crippen LogP contribution in [0.4, 0.5) is 0 Å². The standard InChI is InChI=1S/C25H29N3O5S2/c1-16(29)15-35(31,32)19-9-7-18(8-10-19)20(13-17-5-3-4-6-17)24(30)26-14-23-27-21-11-12-22(33-2)28-25(21)34-23/h7-12,17,20H,3-6,13-15H2,1-2H3,(H,26,30). The third kappa shape index (κ3) is 6.24. The van der Waals surface area contributed by atoms with Gasteiger partial charge >= 0.3 is 0 Å². The molecule has 2 aromatic heterocycles. The van der Waals surface area contributed by atoms with Gasteiger partial charge in [-0.05, 0) is 43.0 Å². The number of thiazole rings is 1. The summed E-state index contributed by atoms with van der Waals surface area (Å²) in [6.07, 6.45) is 5.25. The second kappa shape index (κ2) is 10.8. The number of benzene rings is 1. The quantitative estimate of drug-likeness (QED) is 0.433. The van der Waals surface area contributed by atoms with Gasteiger partial charge in [0.05, 0.1) is 24.5 Å². The van der Waals surface area contributed by atoms with E-state index in [4.69, 9.17) is 4.74 Å². The topological polar surface area (TPSA) is 115 Å². The molecule has 2 heterocycles. The molecule has 1 saturated carbocycles. The van der Waals surface area contributed by atoms with Crippen LogP contribution in [0, 0.1) is 5.92 Å². The molecule has 35 heavy (non-hydrogen) atoms. The zero-order chi connectivity index (χ0) is 25.0. The van der Waals surface area contributed by atoms with Crippen molar-refractivity contribution >= 4 is 43.2 Å². The Morgan fingerprint density at radius 3 is 2.49 bits per heavy atom. The molecule has 0 radical (unpaired) electrons. The highest BCUT2D eigenvalue weighted by Gasteiger charge is 2.27. The molecule has 1 amide bonds. The van der Waals surface area contributed by atoms with Crippen molar-refractivity contribution in [2.24, 2.45) is 5.92 Å². The number of nitrogens with one attached hydrogen (secondary N) is 1. The fraction of sp³-hybridized carbons (Fsp3) is 0.440. The second-order valence-corrected chi connectivity index (χ2v) is 12.0. The number of sulfone groups is 1. The first kappa shape index (κ1) is 25.2. The van der Waals surface area contributed by atoms with Gasteiger partial charge in [0.25, 0.3) is 0 Å². The van der Waals surface area contributed by atoms with Gasteiger partial charge in [-0.15, -0.1) is 0 Å². The van der Waals surface area contributed by atoms with E-state index in [1.54, 1.807) is 25.3 Å². The maximum Gasteiger partial charge on any atom is 0.227 e. The lowest BCUT2D eigenvalue weighted by molar-refractivity contribution is -0.123. The molecule has 1 aliphatic rings. The summed E-state index contributed by atoms with van der Waals surface area (Å²) in [4.78, 5) is 34.4. The summed E-state index contributed by atoms with van der Waals surface area (Å²) in [5.74, 6) is -0.457.